The first-order valence-electron chi connectivity index (χ1n) is 7.65. The van der Waals surface area contributed by atoms with Crippen LogP contribution in [-0.4, -0.2) is 5.11 Å². The standard InChI is InChI=1S/C17H17FO2.C2H6/c1-10-6-16-14(8-15(10)18)13-7-12(17(2,3)19)5-4-11(13)9-20-16;1-2/h4-8,19H,9H2,1-3H3;1-2H3. The number of aryl methyl sites for hydroxylation is 1. The van der Waals surface area contributed by atoms with Crippen LogP contribution in [0.1, 0.15) is 44.4 Å². The van der Waals surface area contributed by atoms with Gasteiger partial charge in [0, 0.05) is 5.56 Å². The van der Waals surface area contributed by atoms with E-state index in [0.717, 1.165) is 22.3 Å². The van der Waals surface area contributed by atoms with Gasteiger partial charge in [0.15, 0.2) is 0 Å². The molecular weight excluding hydrogens is 279 g/mol. The molecule has 3 heteroatoms. The van der Waals surface area contributed by atoms with Crippen LogP contribution in [0.2, 0.25) is 0 Å². The first kappa shape index (κ1) is 16.5. The van der Waals surface area contributed by atoms with Crippen LogP contribution in [0, 0.1) is 12.7 Å². The average molecular weight is 302 g/mol. The Morgan fingerprint density at radius 1 is 1.09 bits per heavy atom. The molecule has 0 saturated heterocycles. The lowest BCUT2D eigenvalue weighted by molar-refractivity contribution is 0.0786. The molecule has 1 aliphatic heterocycles. The molecule has 2 aromatic rings. The molecule has 0 bridgehead atoms. The number of halogens is 1. The molecule has 0 fully saturated rings. The van der Waals surface area contributed by atoms with Crippen molar-refractivity contribution < 1.29 is 14.2 Å². The highest BCUT2D eigenvalue weighted by molar-refractivity contribution is 5.76. The summed E-state index contributed by atoms with van der Waals surface area (Å²) in [5.74, 6) is 0.457. The van der Waals surface area contributed by atoms with Gasteiger partial charge in [-0.15, -0.1) is 0 Å². The van der Waals surface area contributed by atoms with E-state index in [9.17, 15) is 9.50 Å². The lowest BCUT2D eigenvalue weighted by Gasteiger charge is -2.25. The van der Waals surface area contributed by atoms with E-state index in [2.05, 4.69) is 0 Å². The third-order valence-electron chi connectivity index (χ3n) is 3.75. The molecule has 0 aliphatic carbocycles. The highest BCUT2D eigenvalue weighted by Crippen LogP contribution is 2.40. The Kier molecular flexibility index (Phi) is 4.57. The summed E-state index contributed by atoms with van der Waals surface area (Å²) in [7, 11) is 0. The molecule has 0 spiro atoms. The largest absolute Gasteiger partial charge is 0.488 e. The number of hydrogen-bond donors (Lipinski definition) is 1. The zero-order chi connectivity index (χ0) is 16.5. The third-order valence-corrected chi connectivity index (χ3v) is 3.75. The Hall–Kier alpha value is -1.87. The normalized spacial score (nSPS) is 12.5. The van der Waals surface area contributed by atoms with Crippen molar-refractivity contribution in [1.82, 2.24) is 0 Å². The fourth-order valence-corrected chi connectivity index (χ4v) is 2.47. The topological polar surface area (TPSA) is 29.5 Å². The van der Waals surface area contributed by atoms with Gasteiger partial charge in [0.05, 0.1) is 5.60 Å². The van der Waals surface area contributed by atoms with Crippen LogP contribution in [-0.2, 0) is 12.2 Å². The molecule has 3 rings (SSSR count). The molecule has 0 atom stereocenters. The summed E-state index contributed by atoms with van der Waals surface area (Å²) in [5, 5.41) is 10.1. The van der Waals surface area contributed by atoms with Crippen LogP contribution in [0.4, 0.5) is 4.39 Å². The van der Waals surface area contributed by atoms with Crippen LogP contribution in [0.5, 0.6) is 5.75 Å². The van der Waals surface area contributed by atoms with Gasteiger partial charge in [0.1, 0.15) is 18.2 Å². The monoisotopic (exact) mass is 302 g/mol. The molecule has 22 heavy (non-hydrogen) atoms. The quantitative estimate of drug-likeness (QED) is 0.808. The van der Waals surface area contributed by atoms with Gasteiger partial charge in [-0.2, -0.15) is 0 Å². The Morgan fingerprint density at radius 3 is 2.41 bits per heavy atom. The molecule has 118 valence electrons. The maximum Gasteiger partial charge on any atom is 0.128 e. The second-order valence-corrected chi connectivity index (χ2v) is 5.82. The van der Waals surface area contributed by atoms with E-state index < -0.39 is 5.60 Å². The number of aliphatic hydroxyl groups is 1. The summed E-state index contributed by atoms with van der Waals surface area (Å²) >= 11 is 0. The van der Waals surface area contributed by atoms with Gasteiger partial charge >= 0.3 is 0 Å². The molecule has 2 aromatic carbocycles. The third kappa shape index (κ3) is 3.00. The summed E-state index contributed by atoms with van der Waals surface area (Å²) in [6, 6.07) is 8.98. The molecule has 0 saturated carbocycles. The van der Waals surface area contributed by atoms with E-state index in [1.54, 1.807) is 26.8 Å². The van der Waals surface area contributed by atoms with E-state index in [1.807, 2.05) is 32.0 Å². The van der Waals surface area contributed by atoms with Crippen molar-refractivity contribution in [3.63, 3.8) is 0 Å². The Morgan fingerprint density at radius 2 is 1.77 bits per heavy atom. The Bertz CT molecular complexity index is 685. The molecule has 0 amide bonds. The van der Waals surface area contributed by atoms with Gasteiger partial charge in [-0.1, -0.05) is 26.0 Å². The van der Waals surface area contributed by atoms with Gasteiger partial charge in [0.25, 0.3) is 0 Å². The van der Waals surface area contributed by atoms with E-state index in [4.69, 9.17) is 4.74 Å². The average Bonchev–Trinajstić information content (AvgIpc) is 2.49. The molecule has 0 unspecified atom stereocenters. The number of benzene rings is 2. The minimum Gasteiger partial charge on any atom is -0.488 e. The van der Waals surface area contributed by atoms with Crippen molar-refractivity contribution in [2.24, 2.45) is 0 Å². The molecule has 1 aliphatic rings. The SMILES string of the molecule is CC.Cc1cc2c(cc1F)-c1cc(C(C)(C)O)ccc1CO2. The molecular formula is C19H23FO2. The maximum absolute atomic E-state index is 13.8. The zero-order valence-corrected chi connectivity index (χ0v) is 13.8. The maximum atomic E-state index is 13.8. The molecule has 1 N–H and O–H groups in total. The second kappa shape index (κ2) is 6.09. The van der Waals surface area contributed by atoms with Crippen molar-refractivity contribution in [3.8, 4) is 16.9 Å². The van der Waals surface area contributed by atoms with Crippen LogP contribution in [0.25, 0.3) is 11.1 Å². The summed E-state index contributed by atoms with van der Waals surface area (Å²) in [6.07, 6.45) is 0. The summed E-state index contributed by atoms with van der Waals surface area (Å²) in [5.41, 5.74) is 3.16. The van der Waals surface area contributed by atoms with Crippen LogP contribution in [0.15, 0.2) is 30.3 Å². The second-order valence-electron chi connectivity index (χ2n) is 5.82. The molecule has 2 nitrogen and oxygen atoms in total. The summed E-state index contributed by atoms with van der Waals surface area (Å²) < 4.78 is 19.5. The predicted molar refractivity (Wildman–Crippen MR) is 87.5 cm³/mol. The van der Waals surface area contributed by atoms with Crippen LogP contribution < -0.4 is 4.74 Å². The smallest absolute Gasteiger partial charge is 0.128 e. The fraction of sp³-hybridized carbons (Fsp3) is 0.368. The van der Waals surface area contributed by atoms with Crippen molar-refractivity contribution in [2.75, 3.05) is 0 Å². The van der Waals surface area contributed by atoms with Crippen molar-refractivity contribution in [1.29, 1.82) is 0 Å². The fourth-order valence-electron chi connectivity index (χ4n) is 2.47. The van der Waals surface area contributed by atoms with Gasteiger partial charge < -0.3 is 9.84 Å². The minimum atomic E-state index is -0.920. The lowest BCUT2D eigenvalue weighted by atomic mass is 9.89. The van der Waals surface area contributed by atoms with Gasteiger partial charge in [-0.3, -0.25) is 0 Å². The van der Waals surface area contributed by atoms with E-state index >= 15 is 0 Å². The molecule has 0 radical (unpaired) electrons. The van der Waals surface area contributed by atoms with E-state index in [1.165, 1.54) is 6.07 Å². The van der Waals surface area contributed by atoms with Crippen molar-refractivity contribution in [3.05, 3.63) is 52.8 Å². The van der Waals surface area contributed by atoms with E-state index in [-0.39, 0.29) is 5.82 Å². The number of ether oxygens (including phenoxy) is 1. The van der Waals surface area contributed by atoms with Crippen molar-refractivity contribution >= 4 is 0 Å². The van der Waals surface area contributed by atoms with Crippen LogP contribution >= 0.6 is 0 Å². The van der Waals surface area contributed by atoms with Crippen molar-refractivity contribution in [2.45, 2.75) is 46.8 Å². The first-order valence-corrected chi connectivity index (χ1v) is 7.65. The highest BCUT2D eigenvalue weighted by Gasteiger charge is 2.23. The van der Waals surface area contributed by atoms with E-state index in [0.29, 0.717) is 17.9 Å². The number of hydrogen-bond acceptors (Lipinski definition) is 2. The first-order chi connectivity index (χ1) is 10.4. The number of fused-ring (bicyclic) bond motifs is 3. The zero-order valence-electron chi connectivity index (χ0n) is 13.8. The minimum absolute atomic E-state index is 0.242. The van der Waals surface area contributed by atoms with Gasteiger partial charge in [-0.05, 0) is 61.2 Å². The highest BCUT2D eigenvalue weighted by atomic mass is 19.1. The van der Waals surface area contributed by atoms with Gasteiger partial charge in [0.2, 0.25) is 0 Å². The predicted octanol–water partition coefficient (Wildman–Crippen LogP) is 4.95. The van der Waals surface area contributed by atoms with Gasteiger partial charge in [-0.25, -0.2) is 4.39 Å². The lowest BCUT2D eigenvalue weighted by Crippen LogP contribution is -2.16. The summed E-state index contributed by atoms with van der Waals surface area (Å²) in [4.78, 5) is 0. The Labute approximate surface area is 131 Å². The van der Waals surface area contributed by atoms with Crippen LogP contribution in [0.3, 0.4) is 0 Å². The molecule has 0 aromatic heterocycles. The summed E-state index contributed by atoms with van der Waals surface area (Å²) in [6.45, 7) is 9.68. The number of rotatable bonds is 1. The molecule has 1 heterocycles. The Balaban J connectivity index is 0.000000847.